The van der Waals surface area contributed by atoms with Gasteiger partial charge in [0.2, 0.25) is 0 Å². The predicted molar refractivity (Wildman–Crippen MR) is 106 cm³/mol. The molecule has 1 atom stereocenters. The van der Waals surface area contributed by atoms with E-state index < -0.39 is 0 Å². The number of fused-ring (bicyclic) bond motifs is 3. The van der Waals surface area contributed by atoms with E-state index >= 15 is 0 Å². The zero-order valence-electron chi connectivity index (χ0n) is 15.6. The van der Waals surface area contributed by atoms with E-state index in [1.807, 2.05) is 11.0 Å². The molecule has 1 aliphatic rings. The van der Waals surface area contributed by atoms with Crippen LogP contribution in [-0.2, 0) is 6.42 Å². The van der Waals surface area contributed by atoms with E-state index in [2.05, 4.69) is 42.3 Å². The number of nitrogens with one attached hydrogen (secondary N) is 2. The largest absolute Gasteiger partial charge is 0.356 e. The Morgan fingerprint density at radius 3 is 2.85 bits per heavy atom. The van der Waals surface area contributed by atoms with Crippen molar-refractivity contribution in [2.75, 3.05) is 11.9 Å². The lowest BCUT2D eigenvalue weighted by Gasteiger charge is -2.36. The minimum atomic E-state index is -0.358. The minimum Gasteiger partial charge on any atom is -0.356 e. The second-order valence-corrected chi connectivity index (χ2v) is 7.59. The second kappa shape index (κ2) is 7.06. The number of hydrogen-bond acceptors (Lipinski definition) is 1. The van der Waals surface area contributed by atoms with Crippen molar-refractivity contribution in [2.24, 2.45) is 5.92 Å². The maximum Gasteiger partial charge on any atom is 0.322 e. The number of aromatic amines is 1. The highest BCUT2D eigenvalue weighted by atomic mass is 19.1. The van der Waals surface area contributed by atoms with Gasteiger partial charge in [0.05, 0.1) is 6.04 Å². The highest BCUT2D eigenvalue weighted by molar-refractivity contribution is 5.91. The van der Waals surface area contributed by atoms with E-state index in [0.29, 0.717) is 18.2 Å². The number of nitrogens with zero attached hydrogens (tertiary/aromatic N) is 1. The van der Waals surface area contributed by atoms with Gasteiger partial charge in [-0.2, -0.15) is 0 Å². The van der Waals surface area contributed by atoms with Crippen molar-refractivity contribution in [3.8, 4) is 0 Å². The van der Waals surface area contributed by atoms with Gasteiger partial charge in [-0.25, -0.2) is 9.18 Å². The van der Waals surface area contributed by atoms with Crippen LogP contribution in [0.3, 0.4) is 0 Å². The van der Waals surface area contributed by atoms with E-state index in [1.165, 1.54) is 23.1 Å². The van der Waals surface area contributed by atoms with Crippen LogP contribution in [-0.4, -0.2) is 22.5 Å². The van der Waals surface area contributed by atoms with Crippen molar-refractivity contribution in [2.45, 2.75) is 32.7 Å². The number of amides is 2. The van der Waals surface area contributed by atoms with Gasteiger partial charge in [0, 0.05) is 28.8 Å². The number of benzene rings is 2. The van der Waals surface area contributed by atoms with Crippen molar-refractivity contribution in [1.82, 2.24) is 9.88 Å². The van der Waals surface area contributed by atoms with Gasteiger partial charge in [0.15, 0.2) is 0 Å². The highest BCUT2D eigenvalue weighted by Gasteiger charge is 2.33. The number of rotatable bonds is 3. The third kappa shape index (κ3) is 3.42. The van der Waals surface area contributed by atoms with Crippen LogP contribution >= 0.6 is 0 Å². The van der Waals surface area contributed by atoms with Crippen LogP contribution in [0.15, 0.2) is 48.5 Å². The van der Waals surface area contributed by atoms with E-state index in [0.717, 1.165) is 24.1 Å². The van der Waals surface area contributed by atoms with Crippen LogP contribution in [0.25, 0.3) is 10.9 Å². The van der Waals surface area contributed by atoms with Crippen molar-refractivity contribution < 1.29 is 9.18 Å². The summed E-state index contributed by atoms with van der Waals surface area (Å²) in [6.07, 6.45) is 1.68. The van der Waals surface area contributed by atoms with Gasteiger partial charge in [0.25, 0.3) is 0 Å². The Hall–Kier alpha value is -2.82. The van der Waals surface area contributed by atoms with Crippen molar-refractivity contribution >= 4 is 22.6 Å². The topological polar surface area (TPSA) is 48.1 Å². The molecule has 4 nitrogen and oxygen atoms in total. The molecule has 2 N–H and O–H groups in total. The molecular weight excluding hydrogens is 341 g/mol. The summed E-state index contributed by atoms with van der Waals surface area (Å²) in [5, 5.41) is 4.10. The average molecular weight is 365 g/mol. The number of carbonyl (C=O) groups is 1. The molecule has 4 rings (SSSR count). The SMILES string of the molecule is CC(C)CC1c2[nH]c3ccccc3c2CCN1C(=O)Nc1cccc(F)c1. The predicted octanol–water partition coefficient (Wildman–Crippen LogP) is 5.48. The maximum absolute atomic E-state index is 13.5. The summed E-state index contributed by atoms with van der Waals surface area (Å²) in [6.45, 7) is 4.98. The van der Waals surface area contributed by atoms with Gasteiger partial charge in [-0.3, -0.25) is 0 Å². The molecule has 140 valence electrons. The van der Waals surface area contributed by atoms with Crippen molar-refractivity contribution in [1.29, 1.82) is 0 Å². The lowest BCUT2D eigenvalue weighted by Crippen LogP contribution is -2.43. The summed E-state index contributed by atoms with van der Waals surface area (Å²) in [4.78, 5) is 18.4. The first kappa shape index (κ1) is 17.6. The molecule has 3 aromatic rings. The standard InChI is InChI=1S/C22H24FN3O/c1-14(2)12-20-21-18(17-8-3-4-9-19(17)25-21)10-11-26(20)22(27)24-16-7-5-6-15(23)13-16/h3-9,13-14,20,25H,10-12H2,1-2H3,(H,24,27). The number of carbonyl (C=O) groups excluding carboxylic acids is 1. The molecule has 0 aliphatic carbocycles. The molecule has 1 unspecified atom stereocenters. The fourth-order valence-electron chi connectivity index (χ4n) is 4.01. The average Bonchev–Trinajstić information content (AvgIpc) is 3.01. The summed E-state index contributed by atoms with van der Waals surface area (Å²) in [7, 11) is 0. The van der Waals surface area contributed by atoms with Gasteiger partial charge in [-0.15, -0.1) is 0 Å². The Balaban J connectivity index is 1.67. The molecule has 0 saturated carbocycles. The molecule has 5 heteroatoms. The third-order valence-corrected chi connectivity index (χ3v) is 5.19. The van der Waals surface area contributed by atoms with Crippen LogP contribution < -0.4 is 5.32 Å². The summed E-state index contributed by atoms with van der Waals surface area (Å²) >= 11 is 0. The van der Waals surface area contributed by atoms with Gasteiger partial charge >= 0.3 is 6.03 Å². The van der Waals surface area contributed by atoms with Gasteiger partial charge in [-0.1, -0.05) is 38.1 Å². The molecule has 0 saturated heterocycles. The molecule has 1 aliphatic heterocycles. The zero-order valence-corrected chi connectivity index (χ0v) is 15.6. The number of para-hydroxylation sites is 1. The van der Waals surface area contributed by atoms with Crippen LogP contribution in [0.1, 0.15) is 37.6 Å². The molecule has 27 heavy (non-hydrogen) atoms. The van der Waals surface area contributed by atoms with E-state index in [4.69, 9.17) is 0 Å². The Bertz CT molecular complexity index is 979. The smallest absolute Gasteiger partial charge is 0.322 e. The monoisotopic (exact) mass is 365 g/mol. The van der Waals surface area contributed by atoms with Crippen LogP contribution in [0.5, 0.6) is 0 Å². The first-order valence-electron chi connectivity index (χ1n) is 9.45. The first-order valence-corrected chi connectivity index (χ1v) is 9.45. The fourth-order valence-corrected chi connectivity index (χ4v) is 4.01. The number of halogens is 1. The van der Waals surface area contributed by atoms with Gasteiger partial charge in [0.1, 0.15) is 5.82 Å². The Kier molecular flexibility index (Phi) is 4.60. The lowest BCUT2D eigenvalue weighted by atomic mass is 9.92. The number of urea groups is 1. The maximum atomic E-state index is 13.5. The van der Waals surface area contributed by atoms with Crippen LogP contribution in [0, 0.1) is 11.7 Å². The van der Waals surface area contributed by atoms with Crippen LogP contribution in [0.2, 0.25) is 0 Å². The number of hydrogen-bond donors (Lipinski definition) is 2. The van der Waals surface area contributed by atoms with Crippen LogP contribution in [0.4, 0.5) is 14.9 Å². The minimum absolute atomic E-state index is 0.0188. The summed E-state index contributed by atoms with van der Waals surface area (Å²) in [6, 6.07) is 14.1. The van der Waals surface area contributed by atoms with Gasteiger partial charge < -0.3 is 15.2 Å². The molecule has 2 amide bonds. The fraction of sp³-hybridized carbons (Fsp3) is 0.318. The van der Waals surface area contributed by atoms with E-state index in [9.17, 15) is 9.18 Å². The zero-order chi connectivity index (χ0) is 19.0. The Morgan fingerprint density at radius 1 is 1.26 bits per heavy atom. The molecule has 1 aromatic heterocycles. The molecule has 2 aromatic carbocycles. The summed E-state index contributed by atoms with van der Waals surface area (Å²) in [5.41, 5.74) is 4.03. The second-order valence-electron chi connectivity index (χ2n) is 7.59. The first-order chi connectivity index (χ1) is 13.0. The summed E-state index contributed by atoms with van der Waals surface area (Å²) in [5.74, 6) is 0.0833. The van der Waals surface area contributed by atoms with Gasteiger partial charge in [-0.05, 0) is 48.6 Å². The molecule has 2 heterocycles. The molecule has 0 fully saturated rings. The molecule has 0 radical (unpaired) electrons. The Morgan fingerprint density at radius 2 is 2.07 bits per heavy atom. The molecular formula is C22H24FN3O. The molecule has 0 bridgehead atoms. The summed E-state index contributed by atoms with van der Waals surface area (Å²) < 4.78 is 13.5. The number of anilines is 1. The highest BCUT2D eigenvalue weighted by Crippen LogP contribution is 2.38. The lowest BCUT2D eigenvalue weighted by molar-refractivity contribution is 0.170. The number of aromatic nitrogens is 1. The Labute approximate surface area is 158 Å². The van der Waals surface area contributed by atoms with Crippen molar-refractivity contribution in [3.63, 3.8) is 0 Å². The van der Waals surface area contributed by atoms with Crippen molar-refractivity contribution in [3.05, 3.63) is 65.6 Å². The normalized spacial score (nSPS) is 16.6. The number of H-pyrrole nitrogens is 1. The van der Waals surface area contributed by atoms with E-state index in [-0.39, 0.29) is 17.9 Å². The molecule has 0 spiro atoms. The third-order valence-electron chi connectivity index (χ3n) is 5.19. The quantitative estimate of drug-likeness (QED) is 0.634. The van der Waals surface area contributed by atoms with E-state index in [1.54, 1.807) is 12.1 Å².